The maximum atomic E-state index is 12.7. The molecule has 4 N–H and O–H groups in total. The molecule has 8 heteroatoms. The number of aliphatic hydroxyl groups excluding tert-OH is 2. The molecule has 1 aliphatic rings. The Morgan fingerprint density at radius 2 is 2.40 bits per heavy atom. The molecule has 0 saturated carbocycles. The van der Waals surface area contributed by atoms with E-state index in [-0.39, 0.29) is 23.3 Å². The highest BCUT2D eigenvalue weighted by molar-refractivity contribution is 5.47. The lowest BCUT2D eigenvalue weighted by molar-refractivity contribution is -0.0527. The van der Waals surface area contributed by atoms with E-state index in [4.69, 9.17) is 22.0 Å². The zero-order chi connectivity index (χ0) is 14.9. The number of nitrogens with two attached hydrogens (primary N) is 1. The van der Waals surface area contributed by atoms with Crippen LogP contribution >= 0.6 is 0 Å². The van der Waals surface area contributed by atoms with Gasteiger partial charge >= 0.3 is 5.69 Å². The Labute approximate surface area is 113 Å². The van der Waals surface area contributed by atoms with Crippen LogP contribution in [-0.2, 0) is 4.74 Å². The van der Waals surface area contributed by atoms with Crippen molar-refractivity contribution in [2.24, 2.45) is 0 Å². The smallest absolute Gasteiger partial charge is 0.351 e. The molecule has 0 bridgehead atoms. The molecule has 0 amide bonds. The summed E-state index contributed by atoms with van der Waals surface area (Å²) in [6.45, 7) is -0.539. The van der Waals surface area contributed by atoms with Gasteiger partial charge in [0.15, 0.2) is 6.23 Å². The largest absolute Gasteiger partial charge is 0.393 e. The lowest BCUT2D eigenvalue weighted by atomic mass is 10.1. The summed E-state index contributed by atoms with van der Waals surface area (Å²) in [7, 11) is 0. The monoisotopic (exact) mass is 281 g/mol. The number of nitrogen functional groups attached to an aromatic ring is 1. The molecule has 106 valence electrons. The first-order valence-electron chi connectivity index (χ1n) is 5.63. The second kappa shape index (κ2) is 5.42. The summed E-state index contributed by atoms with van der Waals surface area (Å²) in [4.78, 5) is 15.3. The Bertz CT molecular complexity index is 649. The number of hydrogen-bond donors (Lipinski definition) is 3. The summed E-state index contributed by atoms with van der Waals surface area (Å²) in [5.74, 6) is 2.11. The van der Waals surface area contributed by atoms with Gasteiger partial charge in [-0.3, -0.25) is 4.57 Å². The van der Waals surface area contributed by atoms with Gasteiger partial charge < -0.3 is 20.7 Å². The van der Waals surface area contributed by atoms with Crippen molar-refractivity contribution in [3.63, 3.8) is 0 Å². The molecule has 2 heterocycles. The summed E-state index contributed by atoms with van der Waals surface area (Å²) in [6, 6.07) is 0. The third-order valence-corrected chi connectivity index (χ3v) is 2.99. The van der Waals surface area contributed by atoms with Crippen LogP contribution in [0.2, 0.25) is 0 Å². The molecule has 1 aliphatic heterocycles. The molecule has 1 aromatic rings. The fourth-order valence-corrected chi connectivity index (χ4v) is 1.95. The number of aliphatic hydroxyl groups is 2. The zero-order valence-corrected chi connectivity index (χ0v) is 10.2. The fourth-order valence-electron chi connectivity index (χ4n) is 1.95. The second-order valence-electron chi connectivity index (χ2n) is 4.13. The van der Waals surface area contributed by atoms with Gasteiger partial charge in [0.1, 0.15) is 18.0 Å². The first-order chi connectivity index (χ1) is 9.53. The number of terminal acetylenes is 1. The molecule has 7 nitrogen and oxygen atoms in total. The van der Waals surface area contributed by atoms with E-state index in [1.807, 2.05) is 0 Å². The second-order valence-corrected chi connectivity index (χ2v) is 4.13. The number of rotatable bonds is 2. The van der Waals surface area contributed by atoms with Crippen molar-refractivity contribution in [1.82, 2.24) is 9.55 Å². The van der Waals surface area contributed by atoms with E-state index in [0.717, 1.165) is 4.57 Å². The number of aromatic nitrogens is 2. The average molecular weight is 281 g/mol. The van der Waals surface area contributed by atoms with Gasteiger partial charge in [0.2, 0.25) is 0 Å². The van der Waals surface area contributed by atoms with Crippen LogP contribution in [0.3, 0.4) is 0 Å². The average Bonchev–Trinajstić information content (AvgIpc) is 2.75. The summed E-state index contributed by atoms with van der Waals surface area (Å²) in [6.07, 6.45) is 2.82. The van der Waals surface area contributed by atoms with Crippen molar-refractivity contribution in [3.8, 4) is 12.3 Å². The van der Waals surface area contributed by atoms with Gasteiger partial charge in [0.05, 0.1) is 18.5 Å². The fraction of sp³-hybridized carbons (Fsp3) is 0.333. The topological polar surface area (TPSA) is 111 Å². The highest BCUT2D eigenvalue weighted by Gasteiger charge is 2.40. The van der Waals surface area contributed by atoms with Gasteiger partial charge in [-0.05, 0) is 0 Å². The standard InChI is InChI=1S/C12H12FN3O4/c1-2-6-4-16(12(19)15-10(6)14)11-9(18)7(3-13)8(5-17)20-11/h1,3-4,8-9,11,17-18H,5H2,(H2,14,15,19)/b7-3-. The Hall–Kier alpha value is -2.21. The van der Waals surface area contributed by atoms with Crippen LogP contribution in [0, 0.1) is 12.3 Å². The summed E-state index contributed by atoms with van der Waals surface area (Å²) in [5.41, 5.74) is 4.63. The third-order valence-electron chi connectivity index (χ3n) is 2.99. The molecule has 0 spiro atoms. The van der Waals surface area contributed by atoms with Crippen molar-refractivity contribution < 1.29 is 19.3 Å². The van der Waals surface area contributed by atoms with E-state index in [1.54, 1.807) is 0 Å². The van der Waals surface area contributed by atoms with E-state index < -0.39 is 30.7 Å². The van der Waals surface area contributed by atoms with Crippen LogP contribution in [0.25, 0.3) is 0 Å². The van der Waals surface area contributed by atoms with E-state index in [9.17, 15) is 14.3 Å². The summed E-state index contributed by atoms with van der Waals surface area (Å²) < 4.78 is 18.9. The SMILES string of the molecule is C#Cc1cn(C2OC(CO)/C(=C/F)C2O)c(=O)nc1N. The molecule has 2 rings (SSSR count). The highest BCUT2D eigenvalue weighted by Crippen LogP contribution is 2.32. The molecule has 3 unspecified atom stereocenters. The number of nitrogens with zero attached hydrogens (tertiary/aromatic N) is 2. The minimum atomic E-state index is -1.44. The molecular formula is C12H12FN3O4. The van der Waals surface area contributed by atoms with Crippen LogP contribution < -0.4 is 11.4 Å². The normalized spacial score (nSPS) is 27.7. The first kappa shape index (κ1) is 14.2. The van der Waals surface area contributed by atoms with Gasteiger partial charge in [0, 0.05) is 11.8 Å². The van der Waals surface area contributed by atoms with Crippen LogP contribution in [0.1, 0.15) is 11.8 Å². The molecule has 1 saturated heterocycles. The van der Waals surface area contributed by atoms with E-state index in [1.165, 1.54) is 6.20 Å². The molecule has 0 aliphatic carbocycles. The van der Waals surface area contributed by atoms with Gasteiger partial charge in [-0.1, -0.05) is 5.92 Å². The summed E-state index contributed by atoms with van der Waals surface area (Å²) in [5, 5.41) is 19.0. The van der Waals surface area contributed by atoms with Crippen LogP contribution in [0.5, 0.6) is 0 Å². The minimum Gasteiger partial charge on any atom is -0.393 e. The molecule has 1 aromatic heterocycles. The van der Waals surface area contributed by atoms with Crippen molar-refractivity contribution in [1.29, 1.82) is 0 Å². The maximum Gasteiger partial charge on any atom is 0.351 e. The lowest BCUT2D eigenvalue weighted by Gasteiger charge is -2.17. The van der Waals surface area contributed by atoms with Crippen molar-refractivity contribution in [2.45, 2.75) is 18.4 Å². The molecule has 0 radical (unpaired) electrons. The lowest BCUT2D eigenvalue weighted by Crippen LogP contribution is -2.32. The Morgan fingerprint density at radius 3 is 2.90 bits per heavy atom. The molecule has 0 aromatic carbocycles. The van der Waals surface area contributed by atoms with E-state index >= 15 is 0 Å². The van der Waals surface area contributed by atoms with Crippen molar-refractivity contribution in [2.75, 3.05) is 12.3 Å². The van der Waals surface area contributed by atoms with E-state index in [0.29, 0.717) is 0 Å². The first-order valence-corrected chi connectivity index (χ1v) is 5.63. The van der Waals surface area contributed by atoms with Crippen LogP contribution in [0.15, 0.2) is 22.9 Å². The minimum absolute atomic E-state index is 0.124. The Kier molecular flexibility index (Phi) is 3.85. The molecule has 3 atom stereocenters. The number of halogens is 1. The van der Waals surface area contributed by atoms with Crippen molar-refractivity contribution in [3.05, 3.63) is 34.1 Å². The highest BCUT2D eigenvalue weighted by atomic mass is 19.1. The number of hydrogen-bond acceptors (Lipinski definition) is 6. The zero-order valence-electron chi connectivity index (χ0n) is 10.2. The molecule has 1 fully saturated rings. The number of ether oxygens (including phenoxy) is 1. The van der Waals surface area contributed by atoms with Gasteiger partial charge in [0.25, 0.3) is 0 Å². The molecular weight excluding hydrogens is 269 g/mol. The van der Waals surface area contributed by atoms with Gasteiger partial charge in [-0.25, -0.2) is 9.18 Å². The van der Waals surface area contributed by atoms with Gasteiger partial charge in [-0.2, -0.15) is 4.98 Å². The quantitative estimate of drug-likeness (QED) is 0.594. The van der Waals surface area contributed by atoms with Gasteiger partial charge in [-0.15, -0.1) is 6.42 Å². The molecule has 20 heavy (non-hydrogen) atoms. The maximum absolute atomic E-state index is 12.7. The Balaban J connectivity index is 2.48. The van der Waals surface area contributed by atoms with Crippen LogP contribution in [-0.4, -0.2) is 38.6 Å². The number of anilines is 1. The van der Waals surface area contributed by atoms with Crippen molar-refractivity contribution >= 4 is 5.82 Å². The van der Waals surface area contributed by atoms with Crippen LogP contribution in [0.4, 0.5) is 10.2 Å². The predicted octanol–water partition coefficient (Wildman–Crippen LogP) is -1.09. The van der Waals surface area contributed by atoms with E-state index in [2.05, 4.69) is 10.9 Å². The Morgan fingerprint density at radius 1 is 1.70 bits per heavy atom. The predicted molar refractivity (Wildman–Crippen MR) is 67.0 cm³/mol. The summed E-state index contributed by atoms with van der Waals surface area (Å²) >= 11 is 0. The third kappa shape index (κ3) is 2.18.